The zero-order valence-electron chi connectivity index (χ0n) is 10.8. The number of rotatable bonds is 2. The van der Waals surface area contributed by atoms with Crippen molar-refractivity contribution in [2.24, 2.45) is 17.1 Å². The van der Waals surface area contributed by atoms with Gasteiger partial charge in [0.2, 0.25) is 5.28 Å². The molecule has 0 aliphatic heterocycles. The average Bonchev–Trinajstić information content (AvgIpc) is 2.20. The highest BCUT2D eigenvalue weighted by atomic mass is 35.5. The maximum absolute atomic E-state index is 13.6. The van der Waals surface area contributed by atoms with Crippen molar-refractivity contribution in [3.63, 3.8) is 0 Å². The van der Waals surface area contributed by atoms with Gasteiger partial charge in [0.15, 0.2) is 5.82 Å². The van der Waals surface area contributed by atoms with Gasteiger partial charge in [-0.2, -0.15) is 0 Å². The summed E-state index contributed by atoms with van der Waals surface area (Å²) >= 11 is 5.71. The maximum Gasteiger partial charge on any atom is 0.222 e. The third-order valence-electron chi connectivity index (χ3n) is 3.56. The Hall–Kier alpha value is -0.740. The van der Waals surface area contributed by atoms with Gasteiger partial charge in [-0.3, -0.25) is 0 Å². The van der Waals surface area contributed by atoms with Gasteiger partial charge in [-0.05, 0) is 48.6 Å². The van der Waals surface area contributed by atoms with Gasteiger partial charge in [0.1, 0.15) is 0 Å². The van der Waals surface area contributed by atoms with Crippen LogP contribution in [0, 0.1) is 17.2 Å². The molecule has 2 rings (SSSR count). The number of nitrogens with two attached hydrogens (primary N) is 1. The van der Waals surface area contributed by atoms with Gasteiger partial charge < -0.3 is 5.73 Å². The van der Waals surface area contributed by atoms with Crippen molar-refractivity contribution >= 4 is 11.6 Å². The summed E-state index contributed by atoms with van der Waals surface area (Å²) in [6, 6.07) is 0.194. The molecule has 1 heterocycles. The molecule has 5 heteroatoms. The van der Waals surface area contributed by atoms with Gasteiger partial charge in [-0.25, -0.2) is 14.4 Å². The molecule has 1 aliphatic rings. The minimum absolute atomic E-state index is 0.103. The van der Waals surface area contributed by atoms with Crippen LogP contribution in [0.1, 0.15) is 38.8 Å². The molecule has 2 N–H and O–H groups in total. The third-order valence-corrected chi connectivity index (χ3v) is 3.74. The van der Waals surface area contributed by atoms with Crippen molar-refractivity contribution in [2.75, 3.05) is 0 Å². The first-order valence-corrected chi connectivity index (χ1v) is 6.66. The van der Waals surface area contributed by atoms with E-state index in [4.69, 9.17) is 17.3 Å². The summed E-state index contributed by atoms with van der Waals surface area (Å²) in [7, 11) is 0. The van der Waals surface area contributed by atoms with Crippen molar-refractivity contribution in [1.82, 2.24) is 9.97 Å². The van der Waals surface area contributed by atoms with Crippen molar-refractivity contribution in [1.29, 1.82) is 0 Å². The predicted molar refractivity (Wildman–Crippen MR) is 69.8 cm³/mol. The Morgan fingerprint density at radius 3 is 2.89 bits per heavy atom. The minimum Gasteiger partial charge on any atom is -0.328 e. The Bertz CT molecular complexity index is 436. The molecule has 1 saturated carbocycles. The van der Waals surface area contributed by atoms with Crippen LogP contribution in [0.4, 0.5) is 4.39 Å². The molecular weight excluding hydrogens is 253 g/mol. The molecule has 2 unspecified atom stereocenters. The molecule has 0 saturated heterocycles. The fraction of sp³-hybridized carbons (Fsp3) is 0.692. The molecular formula is C13H19ClFN3. The summed E-state index contributed by atoms with van der Waals surface area (Å²) < 4.78 is 13.6. The zero-order valence-corrected chi connectivity index (χ0v) is 11.5. The second kappa shape index (κ2) is 5.10. The van der Waals surface area contributed by atoms with Crippen LogP contribution in [0.2, 0.25) is 5.28 Å². The van der Waals surface area contributed by atoms with Crippen LogP contribution in [-0.4, -0.2) is 16.0 Å². The third kappa shape index (κ3) is 3.39. The van der Waals surface area contributed by atoms with Crippen LogP contribution in [0.25, 0.3) is 0 Å². The van der Waals surface area contributed by atoms with E-state index < -0.39 is 0 Å². The smallest absolute Gasteiger partial charge is 0.222 e. The molecule has 0 radical (unpaired) electrons. The molecule has 3 nitrogen and oxygen atoms in total. The summed E-state index contributed by atoms with van der Waals surface area (Å²) in [5, 5.41) is 0.103. The highest BCUT2D eigenvalue weighted by molar-refractivity contribution is 6.28. The van der Waals surface area contributed by atoms with Crippen molar-refractivity contribution in [3.8, 4) is 0 Å². The number of aromatic nitrogens is 2. The second-order valence-electron chi connectivity index (χ2n) is 6.07. The lowest BCUT2D eigenvalue weighted by Gasteiger charge is -2.38. The number of nitrogens with zero attached hydrogens (tertiary/aromatic N) is 2. The van der Waals surface area contributed by atoms with E-state index in [0.29, 0.717) is 18.0 Å². The molecule has 0 bridgehead atoms. The van der Waals surface area contributed by atoms with Crippen LogP contribution >= 0.6 is 11.6 Å². The van der Waals surface area contributed by atoms with E-state index in [0.717, 1.165) is 25.5 Å². The van der Waals surface area contributed by atoms with Gasteiger partial charge in [0, 0.05) is 6.04 Å². The van der Waals surface area contributed by atoms with E-state index in [9.17, 15) is 4.39 Å². The van der Waals surface area contributed by atoms with Crippen LogP contribution < -0.4 is 5.73 Å². The minimum atomic E-state index is -0.378. The van der Waals surface area contributed by atoms with Gasteiger partial charge in [0.25, 0.3) is 0 Å². The summed E-state index contributed by atoms with van der Waals surface area (Å²) in [5.74, 6) is -0.0134. The molecule has 18 heavy (non-hydrogen) atoms. The monoisotopic (exact) mass is 271 g/mol. The van der Waals surface area contributed by atoms with E-state index >= 15 is 0 Å². The van der Waals surface area contributed by atoms with E-state index in [1.807, 2.05) is 0 Å². The average molecular weight is 272 g/mol. The molecule has 100 valence electrons. The first kappa shape index (κ1) is 13.7. The Balaban J connectivity index is 2.11. The van der Waals surface area contributed by atoms with Gasteiger partial charge in [-0.15, -0.1) is 0 Å². The zero-order chi connectivity index (χ0) is 13.3. The normalized spacial score (nSPS) is 27.2. The van der Waals surface area contributed by atoms with Crippen LogP contribution in [0.15, 0.2) is 6.20 Å². The van der Waals surface area contributed by atoms with Crippen molar-refractivity contribution in [3.05, 3.63) is 23.0 Å². The molecule has 1 aromatic heterocycles. The van der Waals surface area contributed by atoms with E-state index in [-0.39, 0.29) is 22.6 Å². The van der Waals surface area contributed by atoms with Crippen LogP contribution in [0.5, 0.6) is 0 Å². The topological polar surface area (TPSA) is 51.8 Å². The van der Waals surface area contributed by atoms with Gasteiger partial charge >= 0.3 is 0 Å². The Kier molecular flexibility index (Phi) is 3.87. The highest BCUT2D eigenvalue weighted by Gasteiger charge is 2.32. The van der Waals surface area contributed by atoms with Crippen LogP contribution in [-0.2, 0) is 6.42 Å². The summed E-state index contributed by atoms with van der Waals surface area (Å²) in [6.07, 6.45) is 4.71. The van der Waals surface area contributed by atoms with E-state index in [1.165, 1.54) is 0 Å². The Morgan fingerprint density at radius 2 is 2.22 bits per heavy atom. The number of hydrogen-bond donors (Lipinski definition) is 1. The Labute approximate surface area is 112 Å². The second-order valence-corrected chi connectivity index (χ2v) is 6.41. The fourth-order valence-electron chi connectivity index (χ4n) is 3.12. The fourth-order valence-corrected chi connectivity index (χ4v) is 3.27. The number of halogens is 2. The predicted octanol–water partition coefficient (Wildman–Crippen LogP) is 2.97. The standard InChI is InChI=1S/C13H19ClFN3/c1-13(2)5-8(3-9(16)6-13)4-11-10(15)7-17-12(14)18-11/h7-9H,3-6,16H2,1-2H3. The SMILES string of the molecule is CC1(C)CC(N)CC(Cc2nc(Cl)ncc2F)C1. The highest BCUT2D eigenvalue weighted by Crippen LogP contribution is 2.39. The largest absolute Gasteiger partial charge is 0.328 e. The lowest BCUT2D eigenvalue weighted by atomic mass is 9.69. The summed E-state index contributed by atoms with van der Waals surface area (Å²) in [4.78, 5) is 7.61. The van der Waals surface area contributed by atoms with Crippen LogP contribution in [0.3, 0.4) is 0 Å². The molecule has 1 aliphatic carbocycles. The van der Waals surface area contributed by atoms with Crippen molar-refractivity contribution < 1.29 is 4.39 Å². The van der Waals surface area contributed by atoms with E-state index in [1.54, 1.807) is 0 Å². The quantitative estimate of drug-likeness (QED) is 0.842. The first-order valence-electron chi connectivity index (χ1n) is 6.28. The summed E-state index contributed by atoms with van der Waals surface area (Å²) in [6.45, 7) is 4.42. The Morgan fingerprint density at radius 1 is 1.50 bits per heavy atom. The molecule has 2 atom stereocenters. The van der Waals surface area contributed by atoms with Crippen molar-refractivity contribution in [2.45, 2.75) is 45.6 Å². The maximum atomic E-state index is 13.6. The van der Waals surface area contributed by atoms with E-state index in [2.05, 4.69) is 23.8 Å². The molecule has 1 aromatic rings. The molecule has 0 amide bonds. The lowest BCUT2D eigenvalue weighted by molar-refractivity contribution is 0.158. The van der Waals surface area contributed by atoms with Gasteiger partial charge in [0.05, 0.1) is 11.9 Å². The molecule has 1 fully saturated rings. The number of hydrogen-bond acceptors (Lipinski definition) is 3. The van der Waals surface area contributed by atoms with Gasteiger partial charge in [-0.1, -0.05) is 13.8 Å². The molecule has 0 spiro atoms. The lowest BCUT2D eigenvalue weighted by Crippen LogP contribution is -2.37. The molecule has 0 aromatic carbocycles. The first-order chi connectivity index (χ1) is 8.35. The summed E-state index contributed by atoms with van der Waals surface area (Å²) in [5.41, 5.74) is 6.69.